The molecule has 0 spiro atoms. The molecule has 0 aromatic carbocycles. The number of rotatable bonds is 3. The van der Waals surface area contributed by atoms with Crippen molar-refractivity contribution >= 4 is 5.91 Å². The van der Waals surface area contributed by atoms with E-state index in [1.165, 1.54) is 0 Å². The highest BCUT2D eigenvalue weighted by Crippen LogP contribution is 1.66. The second-order valence-corrected chi connectivity index (χ2v) is 1.58. The summed E-state index contributed by atoms with van der Waals surface area (Å²) in [4.78, 5) is 10.4. The molecule has 0 bridgehead atoms. The van der Waals surface area contributed by atoms with Crippen LogP contribution in [0.4, 0.5) is 0 Å². The maximum absolute atomic E-state index is 10.4. The van der Waals surface area contributed by atoms with Crippen LogP contribution in [0.3, 0.4) is 0 Å². The SMILES string of the molecule is CC=CCNC(=O)CN. The first-order valence-corrected chi connectivity index (χ1v) is 2.89. The summed E-state index contributed by atoms with van der Waals surface area (Å²) >= 11 is 0. The quantitative estimate of drug-likeness (QED) is 0.510. The van der Waals surface area contributed by atoms with Crippen LogP contribution in [0.15, 0.2) is 12.2 Å². The van der Waals surface area contributed by atoms with Gasteiger partial charge in [0.2, 0.25) is 5.91 Å². The molecule has 1 amide bonds. The molecule has 0 aliphatic carbocycles. The van der Waals surface area contributed by atoms with Gasteiger partial charge >= 0.3 is 0 Å². The third kappa shape index (κ3) is 5.03. The van der Waals surface area contributed by atoms with Crippen LogP contribution in [0.5, 0.6) is 0 Å². The van der Waals surface area contributed by atoms with Crippen molar-refractivity contribution < 1.29 is 4.79 Å². The van der Waals surface area contributed by atoms with Crippen LogP contribution in [0.2, 0.25) is 0 Å². The molecule has 52 valence electrons. The molecular weight excluding hydrogens is 116 g/mol. The number of nitrogens with one attached hydrogen (secondary N) is 1. The summed E-state index contributed by atoms with van der Waals surface area (Å²) < 4.78 is 0. The van der Waals surface area contributed by atoms with Gasteiger partial charge in [0.1, 0.15) is 0 Å². The second-order valence-electron chi connectivity index (χ2n) is 1.58. The zero-order valence-electron chi connectivity index (χ0n) is 5.55. The van der Waals surface area contributed by atoms with Gasteiger partial charge in [-0.2, -0.15) is 0 Å². The summed E-state index contributed by atoms with van der Waals surface area (Å²) in [5.74, 6) is -0.117. The number of carbonyl (C=O) groups excluding carboxylic acids is 1. The first kappa shape index (κ1) is 8.17. The molecular formula is C6H12N2O. The number of allylic oxidation sites excluding steroid dienone is 1. The minimum atomic E-state index is -0.117. The number of nitrogens with two attached hydrogens (primary N) is 1. The maximum atomic E-state index is 10.4. The van der Waals surface area contributed by atoms with E-state index in [0.29, 0.717) is 6.54 Å². The van der Waals surface area contributed by atoms with E-state index in [1.54, 1.807) is 0 Å². The van der Waals surface area contributed by atoms with Crippen molar-refractivity contribution in [3.63, 3.8) is 0 Å². The summed E-state index contributed by atoms with van der Waals surface area (Å²) in [6.07, 6.45) is 3.73. The highest BCUT2D eigenvalue weighted by molar-refractivity contribution is 5.77. The third-order valence-electron chi connectivity index (χ3n) is 0.838. The molecule has 3 N–H and O–H groups in total. The topological polar surface area (TPSA) is 55.1 Å². The van der Waals surface area contributed by atoms with Gasteiger partial charge in [-0.1, -0.05) is 12.2 Å². The smallest absolute Gasteiger partial charge is 0.233 e. The van der Waals surface area contributed by atoms with Gasteiger partial charge < -0.3 is 11.1 Å². The van der Waals surface area contributed by atoms with Crippen LogP contribution in [0, 0.1) is 0 Å². The van der Waals surface area contributed by atoms with Gasteiger partial charge in [0.15, 0.2) is 0 Å². The Labute approximate surface area is 54.9 Å². The first-order valence-electron chi connectivity index (χ1n) is 2.89. The molecule has 0 unspecified atom stereocenters. The fourth-order valence-corrected chi connectivity index (χ4v) is 0.363. The van der Waals surface area contributed by atoms with E-state index in [0.717, 1.165) is 0 Å². The Morgan fingerprint density at radius 2 is 2.44 bits per heavy atom. The minimum absolute atomic E-state index is 0.0670. The lowest BCUT2D eigenvalue weighted by atomic mass is 10.5. The lowest BCUT2D eigenvalue weighted by Crippen LogP contribution is -2.30. The van der Waals surface area contributed by atoms with Crippen molar-refractivity contribution in [1.82, 2.24) is 5.32 Å². The van der Waals surface area contributed by atoms with Gasteiger partial charge in [-0.3, -0.25) is 4.79 Å². The highest BCUT2D eigenvalue weighted by atomic mass is 16.1. The molecule has 0 radical (unpaired) electrons. The molecule has 3 nitrogen and oxygen atoms in total. The van der Waals surface area contributed by atoms with E-state index in [2.05, 4.69) is 5.32 Å². The van der Waals surface area contributed by atoms with Crippen LogP contribution in [-0.2, 0) is 4.79 Å². The molecule has 0 saturated carbocycles. The fraction of sp³-hybridized carbons (Fsp3) is 0.500. The Balaban J connectivity index is 3.17. The highest BCUT2D eigenvalue weighted by Gasteiger charge is 1.90. The molecule has 0 aromatic rings. The zero-order chi connectivity index (χ0) is 7.11. The van der Waals surface area contributed by atoms with Crippen molar-refractivity contribution in [2.24, 2.45) is 5.73 Å². The Morgan fingerprint density at radius 3 is 2.89 bits per heavy atom. The number of amides is 1. The van der Waals surface area contributed by atoms with Crippen LogP contribution in [0.1, 0.15) is 6.92 Å². The second kappa shape index (κ2) is 5.31. The molecule has 9 heavy (non-hydrogen) atoms. The zero-order valence-corrected chi connectivity index (χ0v) is 5.55. The van der Waals surface area contributed by atoms with Crippen molar-refractivity contribution in [3.05, 3.63) is 12.2 Å². The molecule has 0 atom stereocenters. The van der Waals surface area contributed by atoms with Crippen molar-refractivity contribution in [1.29, 1.82) is 0 Å². The Bertz CT molecular complexity index is 110. The lowest BCUT2D eigenvalue weighted by Gasteiger charge is -1.95. The summed E-state index contributed by atoms with van der Waals surface area (Å²) in [7, 11) is 0. The van der Waals surface area contributed by atoms with E-state index >= 15 is 0 Å². The number of hydrogen-bond acceptors (Lipinski definition) is 2. The van der Waals surface area contributed by atoms with Crippen molar-refractivity contribution in [2.75, 3.05) is 13.1 Å². The normalized spacial score (nSPS) is 10.0. The van der Waals surface area contributed by atoms with Gasteiger partial charge in [0.25, 0.3) is 0 Å². The summed E-state index contributed by atoms with van der Waals surface area (Å²) in [6.45, 7) is 2.54. The standard InChI is InChI=1S/C6H12N2O/c1-2-3-4-8-6(9)5-7/h2-3H,4-5,7H2,1H3,(H,8,9). The Hall–Kier alpha value is -0.830. The van der Waals surface area contributed by atoms with E-state index in [4.69, 9.17) is 5.73 Å². The van der Waals surface area contributed by atoms with Gasteiger partial charge in [-0.15, -0.1) is 0 Å². The van der Waals surface area contributed by atoms with E-state index in [1.807, 2.05) is 19.1 Å². The lowest BCUT2D eigenvalue weighted by molar-refractivity contribution is -0.119. The Kier molecular flexibility index (Phi) is 4.82. The van der Waals surface area contributed by atoms with E-state index in [-0.39, 0.29) is 12.5 Å². The average molecular weight is 128 g/mol. The molecule has 0 fully saturated rings. The average Bonchev–Trinajstić information content (AvgIpc) is 1.89. The molecule has 0 saturated heterocycles. The molecule has 3 heteroatoms. The predicted molar refractivity (Wildman–Crippen MR) is 36.9 cm³/mol. The van der Waals surface area contributed by atoms with Crippen molar-refractivity contribution in [3.8, 4) is 0 Å². The number of hydrogen-bond donors (Lipinski definition) is 2. The monoisotopic (exact) mass is 128 g/mol. The minimum Gasteiger partial charge on any atom is -0.352 e. The predicted octanol–water partition coefficient (Wildman–Crippen LogP) is -0.363. The first-order chi connectivity index (χ1) is 4.31. The molecule has 0 aliphatic rings. The van der Waals surface area contributed by atoms with Gasteiger partial charge in [0, 0.05) is 6.54 Å². The van der Waals surface area contributed by atoms with Crippen LogP contribution in [-0.4, -0.2) is 19.0 Å². The van der Waals surface area contributed by atoms with Crippen LogP contribution in [0.25, 0.3) is 0 Å². The van der Waals surface area contributed by atoms with Gasteiger partial charge in [-0.25, -0.2) is 0 Å². The molecule has 0 aromatic heterocycles. The van der Waals surface area contributed by atoms with Crippen LogP contribution < -0.4 is 11.1 Å². The summed E-state index contributed by atoms with van der Waals surface area (Å²) in [5.41, 5.74) is 5.02. The van der Waals surface area contributed by atoms with E-state index < -0.39 is 0 Å². The molecule has 0 rings (SSSR count). The fourth-order valence-electron chi connectivity index (χ4n) is 0.363. The largest absolute Gasteiger partial charge is 0.352 e. The summed E-state index contributed by atoms with van der Waals surface area (Å²) in [5, 5.41) is 2.58. The van der Waals surface area contributed by atoms with E-state index in [9.17, 15) is 4.79 Å². The molecule has 0 aliphatic heterocycles. The van der Waals surface area contributed by atoms with Gasteiger partial charge in [-0.05, 0) is 6.92 Å². The summed E-state index contributed by atoms with van der Waals surface area (Å²) in [6, 6.07) is 0. The Morgan fingerprint density at radius 1 is 1.78 bits per heavy atom. The van der Waals surface area contributed by atoms with Gasteiger partial charge in [0.05, 0.1) is 6.54 Å². The molecule has 0 heterocycles. The maximum Gasteiger partial charge on any atom is 0.233 e. The van der Waals surface area contributed by atoms with Crippen LogP contribution >= 0.6 is 0 Å². The third-order valence-corrected chi connectivity index (χ3v) is 0.838. The number of carbonyl (C=O) groups is 1. The van der Waals surface area contributed by atoms with Crippen molar-refractivity contribution in [2.45, 2.75) is 6.92 Å².